The predicted molar refractivity (Wildman–Crippen MR) is 85.4 cm³/mol. The van der Waals surface area contributed by atoms with Crippen LogP contribution in [-0.2, 0) is 11.2 Å². The Morgan fingerprint density at radius 3 is 2.87 bits per heavy atom. The molecule has 3 rings (SSSR count). The average Bonchev–Trinajstić information content (AvgIpc) is 3.16. The van der Waals surface area contributed by atoms with E-state index in [0.29, 0.717) is 17.8 Å². The van der Waals surface area contributed by atoms with Crippen LogP contribution in [0.4, 0.5) is 4.79 Å². The standard InChI is InChI=1S/C15H20N4O3S/c1-3-4-5-10-16-9(2)11(23-10)12(20)19-7-6-15(8-19)13(21)17-14(22)18-15/h3-8H2,1-2H3,(H2,17,18,21,22). The van der Waals surface area contributed by atoms with Crippen molar-refractivity contribution in [1.29, 1.82) is 0 Å². The lowest BCUT2D eigenvalue weighted by atomic mass is 10.00. The molecule has 2 aliphatic rings. The van der Waals surface area contributed by atoms with Crippen LogP contribution in [0.15, 0.2) is 0 Å². The third-order valence-corrected chi connectivity index (χ3v) is 5.56. The number of nitrogens with zero attached hydrogens (tertiary/aromatic N) is 2. The summed E-state index contributed by atoms with van der Waals surface area (Å²) in [5, 5.41) is 5.89. The van der Waals surface area contributed by atoms with Crippen LogP contribution >= 0.6 is 11.3 Å². The Labute approximate surface area is 138 Å². The number of hydrogen-bond acceptors (Lipinski definition) is 5. The van der Waals surface area contributed by atoms with Crippen molar-refractivity contribution in [2.45, 2.75) is 45.1 Å². The summed E-state index contributed by atoms with van der Waals surface area (Å²) in [6, 6.07) is -0.486. The fourth-order valence-corrected chi connectivity index (χ4v) is 4.10. The first kappa shape index (κ1) is 15.9. The summed E-state index contributed by atoms with van der Waals surface area (Å²) in [5.41, 5.74) is -0.219. The number of thiazole rings is 1. The van der Waals surface area contributed by atoms with Gasteiger partial charge in [-0.15, -0.1) is 11.3 Å². The Balaban J connectivity index is 1.73. The van der Waals surface area contributed by atoms with E-state index in [2.05, 4.69) is 22.5 Å². The Morgan fingerprint density at radius 2 is 2.22 bits per heavy atom. The zero-order chi connectivity index (χ0) is 16.6. The van der Waals surface area contributed by atoms with Crippen LogP contribution in [0.25, 0.3) is 0 Å². The van der Waals surface area contributed by atoms with Crippen molar-refractivity contribution in [3.8, 4) is 0 Å². The van der Waals surface area contributed by atoms with Gasteiger partial charge >= 0.3 is 6.03 Å². The molecule has 1 atom stereocenters. The molecule has 2 N–H and O–H groups in total. The van der Waals surface area contributed by atoms with Crippen molar-refractivity contribution >= 4 is 29.2 Å². The zero-order valence-corrected chi connectivity index (χ0v) is 14.1. The number of rotatable bonds is 4. The number of hydrogen-bond donors (Lipinski definition) is 2. The Morgan fingerprint density at radius 1 is 1.43 bits per heavy atom. The number of aromatic nitrogens is 1. The molecule has 4 amide bonds. The lowest BCUT2D eigenvalue weighted by Crippen LogP contribution is -2.49. The summed E-state index contributed by atoms with van der Waals surface area (Å²) in [5.74, 6) is -0.448. The summed E-state index contributed by atoms with van der Waals surface area (Å²) >= 11 is 1.44. The Hall–Kier alpha value is -1.96. The highest BCUT2D eigenvalue weighted by Gasteiger charge is 2.51. The fourth-order valence-electron chi connectivity index (χ4n) is 3.03. The molecule has 0 radical (unpaired) electrons. The lowest BCUT2D eigenvalue weighted by molar-refractivity contribution is -0.123. The molecule has 1 unspecified atom stereocenters. The largest absolute Gasteiger partial charge is 0.335 e. The maximum absolute atomic E-state index is 12.7. The van der Waals surface area contributed by atoms with Crippen LogP contribution in [0.2, 0.25) is 0 Å². The van der Waals surface area contributed by atoms with E-state index in [0.717, 1.165) is 30.0 Å². The van der Waals surface area contributed by atoms with E-state index < -0.39 is 11.6 Å². The molecule has 2 aliphatic heterocycles. The van der Waals surface area contributed by atoms with Crippen LogP contribution in [0.1, 0.15) is 46.6 Å². The van der Waals surface area contributed by atoms with Gasteiger partial charge in [-0.1, -0.05) is 13.3 Å². The van der Waals surface area contributed by atoms with E-state index >= 15 is 0 Å². The zero-order valence-electron chi connectivity index (χ0n) is 13.3. The molecule has 0 aliphatic carbocycles. The summed E-state index contributed by atoms with van der Waals surface area (Å²) in [6.45, 7) is 4.63. The highest BCUT2D eigenvalue weighted by molar-refractivity contribution is 7.13. The van der Waals surface area contributed by atoms with E-state index in [1.807, 2.05) is 6.92 Å². The average molecular weight is 336 g/mol. The molecule has 1 aromatic rings. The number of carbonyl (C=O) groups excluding carboxylic acids is 3. The smallest absolute Gasteiger partial charge is 0.322 e. The highest BCUT2D eigenvalue weighted by atomic mass is 32.1. The minimum atomic E-state index is -0.962. The first-order valence-electron chi connectivity index (χ1n) is 7.84. The molecule has 1 spiro atoms. The number of imide groups is 1. The number of carbonyl (C=O) groups is 3. The van der Waals surface area contributed by atoms with Crippen LogP contribution in [0.3, 0.4) is 0 Å². The molecule has 7 nitrogen and oxygen atoms in total. The maximum Gasteiger partial charge on any atom is 0.322 e. The van der Waals surface area contributed by atoms with Crippen molar-refractivity contribution in [3.63, 3.8) is 0 Å². The van der Waals surface area contributed by atoms with Gasteiger partial charge in [-0.25, -0.2) is 9.78 Å². The molecule has 1 aromatic heterocycles. The molecular weight excluding hydrogens is 316 g/mol. The van der Waals surface area contributed by atoms with Crippen molar-refractivity contribution in [2.24, 2.45) is 0 Å². The van der Waals surface area contributed by atoms with E-state index in [9.17, 15) is 14.4 Å². The molecule has 2 saturated heterocycles. The quantitative estimate of drug-likeness (QED) is 0.809. The number of urea groups is 1. The number of amides is 4. The summed E-state index contributed by atoms with van der Waals surface area (Å²) in [4.78, 5) is 42.8. The number of nitrogens with one attached hydrogen (secondary N) is 2. The lowest BCUT2D eigenvalue weighted by Gasteiger charge is -2.20. The van der Waals surface area contributed by atoms with Crippen LogP contribution in [0.5, 0.6) is 0 Å². The fraction of sp³-hybridized carbons (Fsp3) is 0.600. The van der Waals surface area contributed by atoms with Gasteiger partial charge in [0.25, 0.3) is 11.8 Å². The third-order valence-electron chi connectivity index (χ3n) is 4.35. The molecular formula is C15H20N4O3S. The molecule has 3 heterocycles. The summed E-state index contributed by atoms with van der Waals surface area (Å²) in [6.07, 6.45) is 3.47. The molecule has 124 valence electrons. The van der Waals surface area contributed by atoms with E-state index in [-0.39, 0.29) is 18.4 Å². The van der Waals surface area contributed by atoms with Gasteiger partial charge < -0.3 is 10.2 Å². The molecule has 8 heteroatoms. The van der Waals surface area contributed by atoms with Gasteiger partial charge in [0, 0.05) is 6.54 Å². The first-order valence-corrected chi connectivity index (χ1v) is 8.66. The first-order chi connectivity index (χ1) is 10.9. The summed E-state index contributed by atoms with van der Waals surface area (Å²) < 4.78 is 0. The topological polar surface area (TPSA) is 91.4 Å². The van der Waals surface area contributed by atoms with Crippen molar-refractivity contribution in [3.05, 3.63) is 15.6 Å². The van der Waals surface area contributed by atoms with Gasteiger partial charge in [0.05, 0.1) is 17.2 Å². The SMILES string of the molecule is CCCCc1nc(C)c(C(=O)N2CCC3(C2)NC(=O)NC3=O)s1. The van der Waals surface area contributed by atoms with Crippen molar-refractivity contribution in [2.75, 3.05) is 13.1 Å². The van der Waals surface area contributed by atoms with Crippen LogP contribution in [-0.4, -0.2) is 46.4 Å². The Kier molecular flexibility index (Phi) is 4.09. The molecule has 0 saturated carbocycles. The van der Waals surface area contributed by atoms with Gasteiger partial charge in [0.15, 0.2) is 0 Å². The monoisotopic (exact) mass is 336 g/mol. The van der Waals surface area contributed by atoms with E-state index in [4.69, 9.17) is 0 Å². The van der Waals surface area contributed by atoms with Gasteiger partial charge in [-0.3, -0.25) is 14.9 Å². The normalized spacial score (nSPS) is 23.5. The minimum Gasteiger partial charge on any atom is -0.335 e. The van der Waals surface area contributed by atoms with Gasteiger partial charge in [0.1, 0.15) is 10.4 Å². The second-order valence-corrected chi connectivity index (χ2v) is 7.18. The van der Waals surface area contributed by atoms with Crippen molar-refractivity contribution < 1.29 is 14.4 Å². The second-order valence-electron chi connectivity index (χ2n) is 6.09. The highest BCUT2D eigenvalue weighted by Crippen LogP contribution is 2.28. The molecule has 0 aromatic carbocycles. The van der Waals surface area contributed by atoms with Crippen LogP contribution < -0.4 is 10.6 Å². The number of aryl methyl sites for hydroxylation is 2. The third kappa shape index (κ3) is 2.83. The molecule has 2 fully saturated rings. The number of likely N-dealkylation sites (tertiary alicyclic amines) is 1. The van der Waals surface area contributed by atoms with E-state index in [1.165, 1.54) is 11.3 Å². The van der Waals surface area contributed by atoms with Crippen molar-refractivity contribution in [1.82, 2.24) is 20.5 Å². The molecule has 23 heavy (non-hydrogen) atoms. The Bertz CT molecular complexity index is 672. The predicted octanol–water partition coefficient (Wildman–Crippen LogP) is 1.22. The van der Waals surface area contributed by atoms with Gasteiger partial charge in [-0.05, 0) is 26.2 Å². The van der Waals surface area contributed by atoms with Crippen LogP contribution in [0, 0.1) is 6.92 Å². The van der Waals surface area contributed by atoms with Gasteiger partial charge in [-0.2, -0.15) is 0 Å². The maximum atomic E-state index is 12.7. The molecule has 0 bridgehead atoms. The summed E-state index contributed by atoms with van der Waals surface area (Å²) in [7, 11) is 0. The van der Waals surface area contributed by atoms with Gasteiger partial charge in [0.2, 0.25) is 0 Å². The second kappa shape index (κ2) is 5.92. The minimum absolute atomic E-state index is 0.103. The van der Waals surface area contributed by atoms with E-state index in [1.54, 1.807) is 4.90 Å². The number of unbranched alkanes of at least 4 members (excludes halogenated alkanes) is 1.